The minimum Gasteiger partial charge on any atom is -0.341 e. The SMILES string of the molecule is CNC(=O)NC(=O)CN1CCN(C(=O)c2ccc(F)cc2Cl)CC1. The average Bonchev–Trinajstić information content (AvgIpc) is 2.54. The molecule has 0 radical (unpaired) electrons. The Bertz CT molecular complexity index is 648. The Hall–Kier alpha value is -2.19. The van der Waals surface area contributed by atoms with Gasteiger partial charge in [0.2, 0.25) is 5.91 Å². The molecule has 1 aromatic carbocycles. The number of imide groups is 1. The molecule has 0 atom stereocenters. The molecule has 1 fully saturated rings. The molecule has 0 aromatic heterocycles. The van der Waals surface area contributed by atoms with Gasteiger partial charge >= 0.3 is 6.03 Å². The molecule has 0 unspecified atom stereocenters. The average molecular weight is 357 g/mol. The van der Waals surface area contributed by atoms with Gasteiger partial charge in [0.25, 0.3) is 5.91 Å². The summed E-state index contributed by atoms with van der Waals surface area (Å²) in [5.41, 5.74) is 0.254. The van der Waals surface area contributed by atoms with Gasteiger partial charge in [0.15, 0.2) is 0 Å². The lowest BCUT2D eigenvalue weighted by atomic mass is 10.1. The van der Waals surface area contributed by atoms with Gasteiger partial charge in [-0.3, -0.25) is 19.8 Å². The first kappa shape index (κ1) is 18.2. The molecule has 130 valence electrons. The van der Waals surface area contributed by atoms with Crippen LogP contribution in [0, 0.1) is 5.82 Å². The van der Waals surface area contributed by atoms with Gasteiger partial charge in [0.1, 0.15) is 5.82 Å². The largest absolute Gasteiger partial charge is 0.341 e. The fourth-order valence-electron chi connectivity index (χ4n) is 2.37. The number of carbonyl (C=O) groups excluding carboxylic acids is 3. The number of amides is 4. The van der Waals surface area contributed by atoms with Crippen LogP contribution < -0.4 is 10.6 Å². The Morgan fingerprint density at radius 2 is 1.88 bits per heavy atom. The number of nitrogens with zero attached hydrogens (tertiary/aromatic N) is 2. The lowest BCUT2D eigenvalue weighted by molar-refractivity contribution is -0.121. The van der Waals surface area contributed by atoms with Crippen molar-refractivity contribution in [3.63, 3.8) is 0 Å². The van der Waals surface area contributed by atoms with E-state index in [4.69, 9.17) is 11.6 Å². The van der Waals surface area contributed by atoms with Gasteiger partial charge in [-0.15, -0.1) is 0 Å². The van der Waals surface area contributed by atoms with E-state index in [2.05, 4.69) is 10.6 Å². The Morgan fingerprint density at radius 3 is 2.46 bits per heavy atom. The van der Waals surface area contributed by atoms with Crippen molar-refractivity contribution in [3.05, 3.63) is 34.6 Å². The van der Waals surface area contributed by atoms with Crippen molar-refractivity contribution in [3.8, 4) is 0 Å². The van der Waals surface area contributed by atoms with Gasteiger partial charge in [0, 0.05) is 33.2 Å². The molecule has 0 saturated carbocycles. The van der Waals surface area contributed by atoms with Crippen molar-refractivity contribution in [2.45, 2.75) is 0 Å². The van der Waals surface area contributed by atoms with E-state index in [9.17, 15) is 18.8 Å². The van der Waals surface area contributed by atoms with Crippen LogP contribution in [0.3, 0.4) is 0 Å². The van der Waals surface area contributed by atoms with Gasteiger partial charge in [0.05, 0.1) is 17.1 Å². The number of urea groups is 1. The monoisotopic (exact) mass is 356 g/mol. The standard InChI is InChI=1S/C15H18ClFN4O3/c1-18-15(24)19-13(22)9-20-4-6-21(7-5-20)14(23)11-3-2-10(17)8-12(11)16/h2-3,8H,4-7,9H2,1H3,(H2,18,19,22,24). The van der Waals surface area contributed by atoms with E-state index in [1.165, 1.54) is 19.2 Å². The maximum Gasteiger partial charge on any atom is 0.321 e. The Morgan fingerprint density at radius 1 is 1.21 bits per heavy atom. The van der Waals surface area contributed by atoms with E-state index >= 15 is 0 Å². The zero-order chi connectivity index (χ0) is 17.7. The predicted molar refractivity (Wildman–Crippen MR) is 86.4 cm³/mol. The topological polar surface area (TPSA) is 81.8 Å². The summed E-state index contributed by atoms with van der Waals surface area (Å²) in [4.78, 5) is 38.6. The van der Waals surface area contributed by atoms with E-state index in [1.807, 2.05) is 4.90 Å². The Kier molecular flexibility index (Phi) is 6.10. The predicted octanol–water partition coefficient (Wildman–Crippen LogP) is 0.693. The molecule has 1 aromatic rings. The minimum atomic E-state index is -0.556. The highest BCUT2D eigenvalue weighted by molar-refractivity contribution is 6.33. The molecule has 2 N–H and O–H groups in total. The smallest absolute Gasteiger partial charge is 0.321 e. The highest BCUT2D eigenvalue weighted by Gasteiger charge is 2.24. The van der Waals surface area contributed by atoms with Crippen LogP contribution in [0.4, 0.5) is 9.18 Å². The van der Waals surface area contributed by atoms with E-state index in [0.717, 1.165) is 6.07 Å². The molecule has 9 heteroatoms. The zero-order valence-electron chi connectivity index (χ0n) is 13.1. The quantitative estimate of drug-likeness (QED) is 0.835. The number of benzene rings is 1. The Balaban J connectivity index is 1.87. The molecule has 1 aliphatic rings. The summed E-state index contributed by atoms with van der Waals surface area (Å²) in [7, 11) is 1.42. The number of carbonyl (C=O) groups is 3. The van der Waals surface area contributed by atoms with Crippen LogP contribution >= 0.6 is 11.6 Å². The van der Waals surface area contributed by atoms with Crippen LogP contribution in [-0.2, 0) is 4.79 Å². The van der Waals surface area contributed by atoms with Crippen molar-refractivity contribution in [1.29, 1.82) is 0 Å². The third kappa shape index (κ3) is 4.65. The summed E-state index contributed by atoms with van der Waals surface area (Å²) < 4.78 is 13.1. The number of rotatable bonds is 3. The van der Waals surface area contributed by atoms with Crippen LogP contribution in [0.15, 0.2) is 18.2 Å². The molecular formula is C15H18ClFN4O3. The van der Waals surface area contributed by atoms with Gasteiger partial charge in [-0.2, -0.15) is 0 Å². The molecule has 0 spiro atoms. The maximum absolute atomic E-state index is 13.1. The molecular weight excluding hydrogens is 339 g/mol. The second kappa shape index (κ2) is 8.07. The van der Waals surface area contributed by atoms with Crippen molar-refractivity contribution >= 4 is 29.4 Å². The van der Waals surface area contributed by atoms with Crippen molar-refractivity contribution in [2.24, 2.45) is 0 Å². The summed E-state index contributed by atoms with van der Waals surface area (Å²) in [6.45, 7) is 1.89. The van der Waals surface area contributed by atoms with E-state index in [-0.39, 0.29) is 23.0 Å². The first-order valence-corrected chi connectivity index (χ1v) is 7.76. The van der Waals surface area contributed by atoms with Crippen molar-refractivity contribution in [1.82, 2.24) is 20.4 Å². The van der Waals surface area contributed by atoms with Crippen LogP contribution in [-0.4, -0.2) is 67.4 Å². The molecule has 1 aliphatic heterocycles. The van der Waals surface area contributed by atoms with Gasteiger partial charge in [-0.1, -0.05) is 11.6 Å². The summed E-state index contributed by atoms with van der Waals surface area (Å²) in [5, 5.41) is 4.56. The van der Waals surface area contributed by atoms with Gasteiger partial charge in [-0.25, -0.2) is 9.18 Å². The van der Waals surface area contributed by atoms with Gasteiger partial charge in [-0.05, 0) is 18.2 Å². The lowest BCUT2D eigenvalue weighted by Crippen LogP contribution is -2.52. The lowest BCUT2D eigenvalue weighted by Gasteiger charge is -2.34. The van der Waals surface area contributed by atoms with Crippen LogP contribution in [0.1, 0.15) is 10.4 Å². The highest BCUT2D eigenvalue weighted by atomic mass is 35.5. The molecule has 0 aliphatic carbocycles. The molecule has 1 heterocycles. The molecule has 2 rings (SSSR count). The molecule has 1 saturated heterocycles. The van der Waals surface area contributed by atoms with Crippen molar-refractivity contribution in [2.75, 3.05) is 39.8 Å². The van der Waals surface area contributed by atoms with Gasteiger partial charge < -0.3 is 10.2 Å². The first-order valence-electron chi connectivity index (χ1n) is 7.39. The molecule has 0 bridgehead atoms. The third-order valence-corrected chi connectivity index (χ3v) is 3.98. The fourth-order valence-corrected chi connectivity index (χ4v) is 2.62. The van der Waals surface area contributed by atoms with Crippen LogP contribution in [0.25, 0.3) is 0 Å². The maximum atomic E-state index is 13.1. The highest BCUT2D eigenvalue weighted by Crippen LogP contribution is 2.19. The summed E-state index contributed by atoms with van der Waals surface area (Å²) in [6.07, 6.45) is 0. The van der Waals surface area contributed by atoms with Crippen LogP contribution in [0.5, 0.6) is 0 Å². The number of piperazine rings is 1. The third-order valence-electron chi connectivity index (χ3n) is 3.67. The zero-order valence-corrected chi connectivity index (χ0v) is 13.9. The normalized spacial score (nSPS) is 15.0. The Labute approximate surface area is 143 Å². The number of halogens is 2. The van der Waals surface area contributed by atoms with Crippen LogP contribution in [0.2, 0.25) is 5.02 Å². The summed E-state index contributed by atoms with van der Waals surface area (Å²) >= 11 is 5.91. The number of hydrogen-bond acceptors (Lipinski definition) is 4. The molecule has 7 nitrogen and oxygen atoms in total. The molecule has 4 amide bonds. The number of nitrogens with one attached hydrogen (secondary N) is 2. The second-order valence-corrected chi connectivity index (χ2v) is 5.73. The summed E-state index contributed by atoms with van der Waals surface area (Å²) in [5.74, 6) is -1.17. The number of hydrogen-bond donors (Lipinski definition) is 2. The van der Waals surface area contributed by atoms with E-state index in [0.29, 0.717) is 26.2 Å². The summed E-state index contributed by atoms with van der Waals surface area (Å²) in [6, 6.07) is 3.11. The fraction of sp³-hybridized carbons (Fsp3) is 0.400. The second-order valence-electron chi connectivity index (χ2n) is 5.32. The minimum absolute atomic E-state index is 0.0761. The molecule has 24 heavy (non-hydrogen) atoms. The van der Waals surface area contributed by atoms with E-state index in [1.54, 1.807) is 4.90 Å². The van der Waals surface area contributed by atoms with E-state index < -0.39 is 17.8 Å². The van der Waals surface area contributed by atoms with Crippen molar-refractivity contribution < 1.29 is 18.8 Å². The first-order chi connectivity index (χ1) is 11.4.